The largest absolute Gasteiger partial charge is 0.322 e. The Labute approximate surface area is 119 Å². The lowest BCUT2D eigenvalue weighted by atomic mass is 10.0. The first-order valence-corrected chi connectivity index (χ1v) is 7.58. The lowest BCUT2D eigenvalue weighted by Gasteiger charge is -2.13. The summed E-state index contributed by atoms with van der Waals surface area (Å²) in [6.07, 6.45) is 7.30. The lowest BCUT2D eigenvalue weighted by Crippen LogP contribution is -2.18. The van der Waals surface area contributed by atoms with E-state index in [0.29, 0.717) is 5.92 Å². The fourth-order valence-corrected chi connectivity index (χ4v) is 4.02. The number of benzene rings is 1. The van der Waals surface area contributed by atoms with Crippen LogP contribution in [0.1, 0.15) is 37.4 Å². The minimum Gasteiger partial charge on any atom is -0.322 e. The predicted molar refractivity (Wildman–Crippen MR) is 77.2 cm³/mol. The number of aromatic nitrogens is 3. The lowest BCUT2D eigenvalue weighted by molar-refractivity contribution is 0.480. The summed E-state index contributed by atoms with van der Waals surface area (Å²) < 4.78 is 1.90. The van der Waals surface area contributed by atoms with Crippen molar-refractivity contribution in [2.45, 2.75) is 31.7 Å². The number of nitrogens with zero attached hydrogens (tertiary/aromatic N) is 3. The molecule has 20 heavy (non-hydrogen) atoms. The molecule has 0 radical (unpaired) electrons. The van der Waals surface area contributed by atoms with E-state index in [2.05, 4.69) is 10.3 Å². The number of para-hydroxylation sites is 1. The van der Waals surface area contributed by atoms with Gasteiger partial charge in [-0.1, -0.05) is 36.3 Å². The zero-order valence-corrected chi connectivity index (χ0v) is 11.5. The van der Waals surface area contributed by atoms with E-state index >= 15 is 0 Å². The smallest absolute Gasteiger partial charge is 0.0816 e. The van der Waals surface area contributed by atoms with Crippen molar-refractivity contribution in [3.63, 3.8) is 0 Å². The van der Waals surface area contributed by atoms with E-state index in [9.17, 15) is 0 Å². The van der Waals surface area contributed by atoms with Crippen molar-refractivity contribution in [3.05, 3.63) is 42.2 Å². The summed E-state index contributed by atoms with van der Waals surface area (Å²) in [5.74, 6) is 2.33. The molecule has 4 nitrogen and oxygen atoms in total. The zero-order valence-electron chi connectivity index (χ0n) is 11.5. The molecule has 1 aromatic carbocycles. The van der Waals surface area contributed by atoms with Gasteiger partial charge in [-0.3, -0.25) is 0 Å². The van der Waals surface area contributed by atoms with Crippen LogP contribution in [0.2, 0.25) is 0 Å². The topological polar surface area (TPSA) is 56.7 Å². The maximum absolute atomic E-state index is 6.54. The first-order chi connectivity index (χ1) is 9.86. The molecule has 3 unspecified atom stereocenters. The average Bonchev–Trinajstić information content (AvgIpc) is 3.02. The summed E-state index contributed by atoms with van der Waals surface area (Å²) in [7, 11) is 0. The van der Waals surface area contributed by atoms with Gasteiger partial charge >= 0.3 is 0 Å². The highest BCUT2D eigenvalue weighted by atomic mass is 15.4. The van der Waals surface area contributed by atoms with Crippen molar-refractivity contribution in [2.75, 3.05) is 0 Å². The molecule has 104 valence electrons. The van der Waals surface area contributed by atoms with Crippen LogP contribution in [0, 0.1) is 17.8 Å². The van der Waals surface area contributed by atoms with Crippen LogP contribution in [0.25, 0.3) is 5.69 Å². The van der Waals surface area contributed by atoms with Crippen molar-refractivity contribution < 1.29 is 0 Å². The van der Waals surface area contributed by atoms with Gasteiger partial charge in [0.25, 0.3) is 0 Å². The summed E-state index contributed by atoms with van der Waals surface area (Å²) in [5.41, 5.74) is 8.63. The maximum Gasteiger partial charge on any atom is 0.0816 e. The van der Waals surface area contributed by atoms with Crippen LogP contribution in [-0.4, -0.2) is 15.0 Å². The highest BCUT2D eigenvalue weighted by Crippen LogP contribution is 2.59. The molecular weight excluding hydrogens is 248 g/mol. The molecule has 2 aliphatic rings. The molecule has 4 heteroatoms. The first kappa shape index (κ1) is 12.1. The van der Waals surface area contributed by atoms with Gasteiger partial charge in [0.1, 0.15) is 0 Å². The van der Waals surface area contributed by atoms with E-state index in [1.165, 1.54) is 25.7 Å². The van der Waals surface area contributed by atoms with Gasteiger partial charge in [-0.05, 0) is 42.7 Å². The van der Waals surface area contributed by atoms with Gasteiger partial charge in [0.2, 0.25) is 0 Å². The van der Waals surface area contributed by atoms with Gasteiger partial charge < -0.3 is 5.73 Å². The summed E-state index contributed by atoms with van der Waals surface area (Å²) in [6.45, 7) is 0. The Morgan fingerprint density at radius 1 is 1.10 bits per heavy atom. The Kier molecular flexibility index (Phi) is 2.84. The van der Waals surface area contributed by atoms with Gasteiger partial charge in [0.05, 0.1) is 23.6 Å². The molecule has 1 aromatic heterocycles. The van der Waals surface area contributed by atoms with Gasteiger partial charge in [-0.2, -0.15) is 0 Å². The second-order valence-electron chi connectivity index (χ2n) is 6.12. The summed E-state index contributed by atoms with van der Waals surface area (Å²) in [5, 5.41) is 8.30. The minimum atomic E-state index is 0.0679. The number of fused-ring (bicyclic) bond motifs is 1. The predicted octanol–water partition coefficient (Wildman–Crippen LogP) is 2.70. The first-order valence-electron chi connectivity index (χ1n) is 7.58. The molecule has 3 atom stereocenters. The Balaban J connectivity index is 1.62. The summed E-state index contributed by atoms with van der Waals surface area (Å²) in [6, 6.07) is 10.2. The number of nitrogens with two attached hydrogens (primary N) is 1. The van der Waals surface area contributed by atoms with Crippen molar-refractivity contribution in [3.8, 4) is 5.69 Å². The maximum atomic E-state index is 6.54. The summed E-state index contributed by atoms with van der Waals surface area (Å²) >= 11 is 0. The van der Waals surface area contributed by atoms with Crippen LogP contribution in [0.4, 0.5) is 0 Å². The van der Waals surface area contributed by atoms with E-state index in [0.717, 1.165) is 23.2 Å². The third-order valence-electron chi connectivity index (χ3n) is 5.06. The zero-order chi connectivity index (χ0) is 13.5. The second kappa shape index (κ2) is 4.70. The minimum absolute atomic E-state index is 0.0679. The Bertz CT molecular complexity index is 580. The van der Waals surface area contributed by atoms with Gasteiger partial charge in [-0.15, -0.1) is 5.10 Å². The molecule has 1 heterocycles. The molecule has 2 aromatic rings. The second-order valence-corrected chi connectivity index (χ2v) is 6.12. The van der Waals surface area contributed by atoms with Crippen molar-refractivity contribution in [2.24, 2.45) is 23.5 Å². The van der Waals surface area contributed by atoms with E-state index in [4.69, 9.17) is 5.73 Å². The van der Waals surface area contributed by atoms with Crippen LogP contribution >= 0.6 is 0 Å². The SMILES string of the molecule is NC(c1cnnn1-c1ccccc1)C1C2CCCCC21. The molecule has 2 N–H and O–H groups in total. The molecular formula is C16H20N4. The molecule has 0 amide bonds. The number of hydrogen-bond acceptors (Lipinski definition) is 3. The molecule has 0 aliphatic heterocycles. The highest BCUT2D eigenvalue weighted by molar-refractivity contribution is 5.32. The Hall–Kier alpha value is -1.68. The Morgan fingerprint density at radius 2 is 1.80 bits per heavy atom. The standard InChI is InChI=1S/C16H20N4/c17-16(15-12-8-4-5-9-13(12)15)14-10-18-19-20(14)11-6-2-1-3-7-11/h1-3,6-7,10,12-13,15-16H,4-5,8-9,17H2. The fourth-order valence-electron chi connectivity index (χ4n) is 4.02. The molecule has 4 rings (SSSR count). The van der Waals surface area contributed by atoms with Gasteiger partial charge in [0, 0.05) is 0 Å². The number of rotatable bonds is 3. The van der Waals surface area contributed by atoms with Crippen LogP contribution in [0.15, 0.2) is 36.5 Å². The van der Waals surface area contributed by atoms with Crippen LogP contribution in [-0.2, 0) is 0 Å². The van der Waals surface area contributed by atoms with E-state index < -0.39 is 0 Å². The summed E-state index contributed by atoms with van der Waals surface area (Å²) in [4.78, 5) is 0. The van der Waals surface area contributed by atoms with Crippen LogP contribution in [0.5, 0.6) is 0 Å². The quantitative estimate of drug-likeness (QED) is 0.931. The van der Waals surface area contributed by atoms with Crippen molar-refractivity contribution in [1.29, 1.82) is 0 Å². The van der Waals surface area contributed by atoms with Gasteiger partial charge in [-0.25, -0.2) is 4.68 Å². The van der Waals surface area contributed by atoms with Crippen LogP contribution < -0.4 is 5.73 Å². The molecule has 2 aliphatic carbocycles. The van der Waals surface area contributed by atoms with E-state index in [-0.39, 0.29) is 6.04 Å². The third-order valence-corrected chi connectivity index (χ3v) is 5.06. The molecule has 2 saturated carbocycles. The normalized spacial score (nSPS) is 29.8. The highest BCUT2D eigenvalue weighted by Gasteiger charge is 2.54. The number of hydrogen-bond donors (Lipinski definition) is 1. The van der Waals surface area contributed by atoms with Crippen molar-refractivity contribution >= 4 is 0 Å². The fraction of sp³-hybridized carbons (Fsp3) is 0.500. The molecule has 0 saturated heterocycles. The van der Waals surface area contributed by atoms with E-state index in [1.807, 2.05) is 41.2 Å². The third kappa shape index (κ3) is 1.86. The molecule has 0 spiro atoms. The van der Waals surface area contributed by atoms with Gasteiger partial charge in [0.15, 0.2) is 0 Å². The average molecular weight is 268 g/mol. The van der Waals surface area contributed by atoms with E-state index in [1.54, 1.807) is 0 Å². The van der Waals surface area contributed by atoms with Crippen molar-refractivity contribution in [1.82, 2.24) is 15.0 Å². The van der Waals surface area contributed by atoms with Crippen LogP contribution in [0.3, 0.4) is 0 Å². The molecule has 0 bridgehead atoms. The molecule has 2 fully saturated rings. The monoisotopic (exact) mass is 268 g/mol. The Morgan fingerprint density at radius 3 is 2.50 bits per heavy atom.